The Kier molecular flexibility index (Phi) is 4.07. The summed E-state index contributed by atoms with van der Waals surface area (Å²) in [5.41, 5.74) is 0. The number of likely N-dealkylation sites (tertiary alicyclic amines) is 1. The topological polar surface area (TPSA) is 71.0 Å². The van der Waals surface area contributed by atoms with E-state index in [2.05, 4.69) is 5.09 Å². The van der Waals surface area contributed by atoms with Gasteiger partial charge in [-0.15, -0.1) is 0 Å². The first-order valence-corrected chi connectivity index (χ1v) is 6.27. The monoisotopic (exact) mass is 224 g/mol. The Labute approximate surface area is 83.8 Å². The summed E-state index contributed by atoms with van der Waals surface area (Å²) in [4.78, 5) is 22.7. The van der Waals surface area contributed by atoms with Crippen molar-refractivity contribution in [2.24, 2.45) is 0 Å². The zero-order valence-electron chi connectivity index (χ0n) is 8.45. The molecule has 1 saturated heterocycles. The second-order valence-electron chi connectivity index (χ2n) is 3.11. The van der Waals surface area contributed by atoms with Crippen LogP contribution in [0.1, 0.15) is 12.8 Å². The molecule has 2 N–H and O–H groups in total. The van der Waals surface area contributed by atoms with Gasteiger partial charge in [-0.3, -0.25) is 0 Å². The van der Waals surface area contributed by atoms with Crippen molar-refractivity contribution in [3.05, 3.63) is 0 Å². The number of nitrogens with zero attached hydrogens (tertiary/aromatic N) is 1. The molecule has 84 valence electrons. The molecular formula is C7H17N2O4P. The van der Waals surface area contributed by atoms with Crippen molar-refractivity contribution in [3.8, 4) is 0 Å². The molecule has 0 saturated carbocycles. The van der Waals surface area contributed by atoms with E-state index in [0.29, 0.717) is 0 Å². The van der Waals surface area contributed by atoms with Gasteiger partial charge in [0.25, 0.3) is 0 Å². The molecule has 0 aliphatic carbocycles. The molecule has 0 atom stereocenters. The zero-order valence-corrected chi connectivity index (χ0v) is 9.45. The van der Waals surface area contributed by atoms with E-state index in [4.69, 9.17) is 9.05 Å². The molecule has 1 aliphatic rings. The minimum atomic E-state index is -3.47. The zero-order chi connectivity index (χ0) is 10.6. The van der Waals surface area contributed by atoms with E-state index in [9.17, 15) is 9.69 Å². The van der Waals surface area contributed by atoms with Crippen LogP contribution in [0, 0.1) is 0 Å². The van der Waals surface area contributed by atoms with Gasteiger partial charge in [-0.1, -0.05) is 0 Å². The van der Waals surface area contributed by atoms with Gasteiger partial charge in [0, 0.05) is 0 Å². The molecule has 0 aromatic carbocycles. The van der Waals surface area contributed by atoms with Crippen LogP contribution in [-0.4, -0.2) is 43.1 Å². The molecule has 0 aromatic rings. The first kappa shape index (κ1) is 11.7. The number of nitrogens with one attached hydrogen (secondary N) is 1. The minimum absolute atomic E-state index is 0.319. The summed E-state index contributed by atoms with van der Waals surface area (Å²) in [7, 11) is -0.858. The van der Waals surface area contributed by atoms with Crippen molar-refractivity contribution < 1.29 is 18.7 Å². The number of carbonyl (C=O) groups excluding carboxylic acids is 1. The molecule has 0 unspecified atom stereocenters. The van der Waals surface area contributed by atoms with Crippen molar-refractivity contribution in [2.75, 3.05) is 27.3 Å². The van der Waals surface area contributed by atoms with Crippen LogP contribution in [0.3, 0.4) is 0 Å². The Balaban J connectivity index is 2.45. The summed E-state index contributed by atoms with van der Waals surface area (Å²) in [5, 5.41) is 2.37. The molecule has 0 bridgehead atoms. The number of hydrogen-bond donors (Lipinski definition) is 2. The van der Waals surface area contributed by atoms with Crippen molar-refractivity contribution >= 4 is 14.1 Å². The van der Waals surface area contributed by atoms with Crippen molar-refractivity contribution in [2.45, 2.75) is 12.8 Å². The molecule has 14 heavy (non-hydrogen) atoms. The van der Waals surface area contributed by atoms with Crippen molar-refractivity contribution in [1.29, 1.82) is 0 Å². The summed E-state index contributed by atoms with van der Waals surface area (Å²) in [6.45, 7) is 1.45. The third-order valence-corrected chi connectivity index (χ3v) is 3.85. The van der Waals surface area contributed by atoms with Gasteiger partial charge in [0.2, 0.25) is 0 Å². The number of hydrogen-bond acceptors (Lipinski definition) is 4. The van der Waals surface area contributed by atoms with E-state index >= 15 is 0 Å². The fraction of sp³-hybridized carbons (Fsp3) is 0.857. The molecule has 2 amide bonds. The van der Waals surface area contributed by atoms with Gasteiger partial charge < -0.3 is 0 Å². The van der Waals surface area contributed by atoms with Gasteiger partial charge in [0.1, 0.15) is 0 Å². The molecule has 1 rings (SSSR count). The van der Waals surface area contributed by atoms with E-state index in [0.717, 1.165) is 25.9 Å². The molecule has 0 radical (unpaired) electrons. The fourth-order valence-electron chi connectivity index (χ4n) is 1.32. The second kappa shape index (κ2) is 4.89. The van der Waals surface area contributed by atoms with E-state index < -0.39 is 8.09 Å². The number of urea groups is 1. The van der Waals surface area contributed by atoms with Crippen LogP contribution < -0.4 is 5.09 Å². The number of carbonyl (C=O) groups is 1. The third kappa shape index (κ3) is 2.78. The Morgan fingerprint density at radius 2 is 1.86 bits per heavy atom. The van der Waals surface area contributed by atoms with E-state index in [1.165, 1.54) is 14.2 Å². The predicted molar refractivity (Wildman–Crippen MR) is 53.9 cm³/mol. The van der Waals surface area contributed by atoms with Crippen LogP contribution in [0.4, 0.5) is 4.79 Å². The normalized spacial score (nSPS) is 18.4. The van der Waals surface area contributed by atoms with Gasteiger partial charge in [-0.25, -0.2) is 0 Å². The Bertz CT molecular complexity index is 204. The molecule has 7 heteroatoms. The van der Waals surface area contributed by atoms with Crippen LogP contribution in [-0.2, 0) is 9.05 Å². The molecule has 6 nitrogen and oxygen atoms in total. The van der Waals surface area contributed by atoms with Crippen molar-refractivity contribution in [1.82, 2.24) is 9.99 Å². The molecule has 1 fully saturated rings. The average Bonchev–Trinajstić information content (AvgIpc) is 2.70. The van der Waals surface area contributed by atoms with Gasteiger partial charge in [0.05, 0.1) is 0 Å². The fourth-order valence-corrected chi connectivity index (χ4v) is 2.12. The number of rotatable bonds is 3. The average molecular weight is 224 g/mol. The van der Waals surface area contributed by atoms with Crippen molar-refractivity contribution in [3.63, 3.8) is 0 Å². The van der Waals surface area contributed by atoms with Crippen LogP contribution in [0.5, 0.6) is 0 Å². The Hall–Kier alpha value is -0.420. The van der Waals surface area contributed by atoms with Gasteiger partial charge in [-0.05, 0) is 0 Å². The molecule has 0 aromatic heterocycles. The summed E-state index contributed by atoms with van der Waals surface area (Å²) >= 11 is 0. The Morgan fingerprint density at radius 3 is 2.29 bits per heavy atom. The molecule has 1 heterocycles. The first-order chi connectivity index (χ1) is 6.61. The number of amides is 2. The van der Waals surface area contributed by atoms with E-state index in [1.807, 2.05) is 0 Å². The maximum atomic E-state index is 11.5. The van der Waals surface area contributed by atoms with E-state index in [-0.39, 0.29) is 6.03 Å². The summed E-state index contributed by atoms with van der Waals surface area (Å²) in [6, 6.07) is -0.319. The van der Waals surface area contributed by atoms with Crippen LogP contribution in [0.2, 0.25) is 0 Å². The summed E-state index contributed by atoms with van der Waals surface area (Å²) in [6.07, 6.45) is 2.01. The van der Waals surface area contributed by atoms with Gasteiger partial charge in [-0.2, -0.15) is 0 Å². The second-order valence-corrected chi connectivity index (χ2v) is 5.34. The quantitative estimate of drug-likeness (QED) is 0.684. The van der Waals surface area contributed by atoms with Crippen LogP contribution in [0.15, 0.2) is 0 Å². The first-order valence-electron chi connectivity index (χ1n) is 4.51. The predicted octanol–water partition coefficient (Wildman–Crippen LogP) is 0.487. The summed E-state index contributed by atoms with van der Waals surface area (Å²) < 4.78 is 9.46. The maximum absolute atomic E-state index is 11.5. The van der Waals surface area contributed by atoms with Gasteiger partial charge in [0.15, 0.2) is 0 Å². The van der Waals surface area contributed by atoms with E-state index in [1.54, 1.807) is 4.90 Å². The van der Waals surface area contributed by atoms with Crippen LogP contribution >= 0.6 is 8.09 Å². The molecule has 1 aliphatic heterocycles. The standard InChI is InChI=1S/C7H17N2O4P/c1-12-14(11,13-2)8-7(10)9-5-3-4-6-9/h11,14H,3-6H2,1-2H3,(H,8,10). The molecule has 0 spiro atoms. The molecular weight excluding hydrogens is 207 g/mol. The van der Waals surface area contributed by atoms with Gasteiger partial charge >= 0.3 is 83.0 Å². The summed E-state index contributed by atoms with van der Waals surface area (Å²) in [5.74, 6) is 0. The SMILES string of the molecule is CO[PH](O)(NC(=O)N1CCCC1)OC. The van der Waals surface area contributed by atoms with Crippen LogP contribution in [0.25, 0.3) is 0 Å². The Morgan fingerprint density at radius 1 is 1.36 bits per heavy atom. The third-order valence-electron chi connectivity index (χ3n) is 2.21.